The lowest BCUT2D eigenvalue weighted by atomic mass is 9.98. The van der Waals surface area contributed by atoms with Crippen molar-refractivity contribution in [1.82, 2.24) is 19.5 Å². The van der Waals surface area contributed by atoms with Crippen LogP contribution < -0.4 is 0 Å². The fourth-order valence-electron chi connectivity index (χ4n) is 5.86. The third-order valence-electron chi connectivity index (χ3n) is 8.21. The van der Waals surface area contributed by atoms with Gasteiger partial charge >= 0.3 is 0 Å². The Morgan fingerprint density at radius 3 is 1.59 bits per heavy atom. The second kappa shape index (κ2) is 12.2. The summed E-state index contributed by atoms with van der Waals surface area (Å²) < 4.78 is 107. The standard InChI is InChI=1S/C45H30N4/c1-4-13-31(14-5-1)35-17-12-18-36(29-35)32-23-25-34(26-24-32)44-46-43(33-15-6-2-7-16-33)47-45(48-44)37-27-28-42-40(30-37)39-21-10-11-22-41(39)49(42)38-19-8-3-9-20-38/h1-30H/i3D,8D,9D,10D,11D,19D,20D,21D,22D,27D,28D,30D. The van der Waals surface area contributed by atoms with Gasteiger partial charge in [-0.3, -0.25) is 0 Å². The van der Waals surface area contributed by atoms with E-state index in [9.17, 15) is 4.11 Å². The summed E-state index contributed by atoms with van der Waals surface area (Å²) >= 11 is 0. The van der Waals surface area contributed by atoms with Crippen molar-refractivity contribution in [3.8, 4) is 62.1 Å². The number of nitrogens with zero attached hydrogens (tertiary/aromatic N) is 4. The van der Waals surface area contributed by atoms with E-state index in [1.165, 1.54) is 0 Å². The van der Waals surface area contributed by atoms with Crippen LogP contribution in [0, 0.1) is 0 Å². The number of aromatic nitrogens is 4. The van der Waals surface area contributed by atoms with Crippen LogP contribution in [0.2, 0.25) is 0 Å². The Bertz CT molecular complexity index is 3240. The van der Waals surface area contributed by atoms with Crippen LogP contribution in [-0.4, -0.2) is 19.5 Å². The summed E-state index contributed by atoms with van der Waals surface area (Å²) in [6.45, 7) is 0. The molecule has 230 valence electrons. The normalized spacial score (nSPS) is 14.7. The van der Waals surface area contributed by atoms with Gasteiger partial charge in [-0.15, -0.1) is 0 Å². The van der Waals surface area contributed by atoms with Crippen molar-refractivity contribution >= 4 is 21.8 Å². The topological polar surface area (TPSA) is 43.6 Å². The quantitative estimate of drug-likeness (QED) is 0.182. The van der Waals surface area contributed by atoms with Crippen LogP contribution in [0.5, 0.6) is 0 Å². The van der Waals surface area contributed by atoms with Gasteiger partial charge in [-0.1, -0.05) is 139 Å². The lowest BCUT2D eigenvalue weighted by Crippen LogP contribution is -2.00. The molecule has 0 atom stereocenters. The van der Waals surface area contributed by atoms with Gasteiger partial charge in [0.25, 0.3) is 0 Å². The minimum atomic E-state index is -0.716. The van der Waals surface area contributed by atoms with Gasteiger partial charge in [-0.05, 0) is 64.6 Å². The van der Waals surface area contributed by atoms with Crippen molar-refractivity contribution in [3.63, 3.8) is 0 Å². The molecule has 0 aliphatic rings. The Morgan fingerprint density at radius 2 is 0.898 bits per heavy atom. The maximum atomic E-state index is 9.68. The van der Waals surface area contributed by atoms with E-state index in [0.717, 1.165) is 26.8 Å². The Kier molecular flexibility index (Phi) is 4.63. The van der Waals surface area contributed by atoms with Gasteiger partial charge in [0, 0.05) is 33.2 Å². The number of hydrogen-bond acceptors (Lipinski definition) is 3. The molecule has 0 spiro atoms. The van der Waals surface area contributed by atoms with E-state index < -0.39 is 78.2 Å². The van der Waals surface area contributed by atoms with Gasteiger partial charge < -0.3 is 4.57 Å². The predicted molar refractivity (Wildman–Crippen MR) is 201 cm³/mol. The molecule has 0 amide bonds. The van der Waals surface area contributed by atoms with Crippen LogP contribution in [0.3, 0.4) is 0 Å². The molecule has 0 fully saturated rings. The highest BCUT2D eigenvalue weighted by atomic mass is 15.0. The Labute approximate surface area is 301 Å². The molecule has 0 bridgehead atoms. The highest BCUT2D eigenvalue weighted by Crippen LogP contribution is 2.35. The molecule has 4 nitrogen and oxygen atoms in total. The molecular formula is C45H30N4. The third-order valence-corrected chi connectivity index (χ3v) is 8.21. The van der Waals surface area contributed by atoms with E-state index in [1.807, 2.05) is 78.9 Å². The molecule has 49 heavy (non-hydrogen) atoms. The van der Waals surface area contributed by atoms with Crippen LogP contribution in [0.1, 0.15) is 16.4 Å². The molecule has 2 aromatic heterocycles. The zero-order valence-corrected chi connectivity index (χ0v) is 25.7. The van der Waals surface area contributed by atoms with Gasteiger partial charge in [-0.25, -0.2) is 15.0 Å². The molecule has 7 aromatic carbocycles. The summed E-state index contributed by atoms with van der Waals surface area (Å²) in [6, 6.07) is 27.1. The highest BCUT2D eigenvalue weighted by Gasteiger charge is 2.16. The monoisotopic (exact) mass is 638 g/mol. The predicted octanol–water partition coefficient (Wildman–Crippen LogP) is 11.3. The molecular weight excluding hydrogens is 597 g/mol. The van der Waals surface area contributed by atoms with Crippen LogP contribution in [0.25, 0.3) is 83.9 Å². The smallest absolute Gasteiger partial charge is 0.164 e. The Morgan fingerprint density at radius 1 is 0.388 bits per heavy atom. The molecule has 0 radical (unpaired) electrons. The molecule has 0 N–H and O–H groups in total. The van der Waals surface area contributed by atoms with E-state index in [4.69, 9.17) is 27.3 Å². The molecule has 0 unspecified atom stereocenters. The Hall–Kier alpha value is -6.65. The lowest BCUT2D eigenvalue weighted by Gasteiger charge is -2.10. The number of para-hydroxylation sites is 2. The SMILES string of the molecule is [2H]c1c([2H])c([2H])c(-n2c3c([2H])c([2H])c([2H])c([2H])c3c3c([2H])c(-c4nc(-c5ccccc5)nc(-c5ccc(-c6cccc(-c7ccccc7)c6)cc5)n4)c([2H])c([2H])c32)c([2H])c1[2H]. The molecule has 0 aliphatic carbocycles. The number of benzene rings is 7. The third kappa shape index (κ3) is 5.35. The summed E-state index contributed by atoms with van der Waals surface area (Å²) in [5, 5.41) is -0.452. The summed E-state index contributed by atoms with van der Waals surface area (Å²) in [4.78, 5) is 14.3. The molecule has 0 aliphatic heterocycles. The van der Waals surface area contributed by atoms with Crippen LogP contribution in [0.15, 0.2) is 182 Å². The van der Waals surface area contributed by atoms with Crippen molar-refractivity contribution in [2.24, 2.45) is 0 Å². The Balaban J connectivity index is 1.30. The van der Waals surface area contributed by atoms with Gasteiger partial charge in [0.1, 0.15) is 0 Å². The number of rotatable bonds is 6. The lowest BCUT2D eigenvalue weighted by molar-refractivity contribution is 1.07. The maximum Gasteiger partial charge on any atom is 0.164 e. The molecule has 0 saturated heterocycles. The highest BCUT2D eigenvalue weighted by molar-refractivity contribution is 6.10. The first-order valence-electron chi connectivity index (χ1n) is 21.5. The molecule has 0 saturated carbocycles. The van der Waals surface area contributed by atoms with Crippen LogP contribution >= 0.6 is 0 Å². The first kappa shape index (κ1) is 18.6. The van der Waals surface area contributed by atoms with Crippen molar-refractivity contribution in [2.45, 2.75) is 0 Å². The zero-order valence-electron chi connectivity index (χ0n) is 37.7. The molecule has 2 heterocycles. The van der Waals surface area contributed by atoms with E-state index >= 15 is 0 Å². The van der Waals surface area contributed by atoms with Gasteiger partial charge in [0.05, 0.1) is 27.5 Å². The van der Waals surface area contributed by atoms with Crippen molar-refractivity contribution < 1.29 is 16.4 Å². The van der Waals surface area contributed by atoms with Crippen molar-refractivity contribution in [3.05, 3.63) is 182 Å². The van der Waals surface area contributed by atoms with Crippen molar-refractivity contribution in [1.29, 1.82) is 0 Å². The largest absolute Gasteiger partial charge is 0.309 e. The fourth-order valence-corrected chi connectivity index (χ4v) is 5.86. The van der Waals surface area contributed by atoms with Gasteiger partial charge in [0.2, 0.25) is 0 Å². The average molecular weight is 639 g/mol. The first-order chi connectivity index (χ1) is 29.3. The molecule has 9 rings (SSSR count). The average Bonchev–Trinajstić information content (AvgIpc) is 3.65. The van der Waals surface area contributed by atoms with Gasteiger partial charge in [-0.2, -0.15) is 0 Å². The van der Waals surface area contributed by atoms with E-state index in [1.54, 1.807) is 24.3 Å². The summed E-state index contributed by atoms with van der Waals surface area (Å²) in [7, 11) is 0. The second-order valence-electron chi connectivity index (χ2n) is 11.2. The fraction of sp³-hybridized carbons (Fsp3) is 0. The minimum Gasteiger partial charge on any atom is -0.309 e. The number of hydrogen-bond donors (Lipinski definition) is 0. The minimum absolute atomic E-state index is 0.154. The van der Waals surface area contributed by atoms with Gasteiger partial charge in [0.15, 0.2) is 17.5 Å². The van der Waals surface area contributed by atoms with Crippen molar-refractivity contribution in [2.75, 3.05) is 0 Å². The van der Waals surface area contributed by atoms with Crippen LogP contribution in [0.4, 0.5) is 0 Å². The summed E-state index contributed by atoms with van der Waals surface area (Å²) in [6.07, 6.45) is 0. The molecule has 9 aromatic rings. The van der Waals surface area contributed by atoms with Crippen LogP contribution in [-0.2, 0) is 0 Å². The first-order valence-corrected chi connectivity index (χ1v) is 15.5. The zero-order chi connectivity index (χ0) is 43.0. The second-order valence-corrected chi connectivity index (χ2v) is 11.2. The molecule has 4 heteroatoms. The van der Waals surface area contributed by atoms with E-state index in [2.05, 4.69) is 6.07 Å². The summed E-state index contributed by atoms with van der Waals surface area (Å²) in [5.41, 5.74) is 3.88. The number of fused-ring (bicyclic) bond motifs is 3. The summed E-state index contributed by atoms with van der Waals surface area (Å²) in [5.74, 6) is 0.245. The van der Waals surface area contributed by atoms with E-state index in [-0.39, 0.29) is 44.8 Å². The maximum absolute atomic E-state index is 9.68. The van der Waals surface area contributed by atoms with E-state index in [0.29, 0.717) is 11.1 Å².